The zero-order valence-corrected chi connectivity index (χ0v) is 16.1. The summed E-state index contributed by atoms with van der Waals surface area (Å²) >= 11 is 1.76. The van der Waals surface area contributed by atoms with E-state index in [9.17, 15) is 4.79 Å². The van der Waals surface area contributed by atoms with Crippen LogP contribution >= 0.6 is 11.8 Å². The van der Waals surface area contributed by atoms with Crippen molar-refractivity contribution in [2.45, 2.75) is 38.9 Å². The largest absolute Gasteiger partial charge is 0.355 e. The summed E-state index contributed by atoms with van der Waals surface area (Å²) in [4.78, 5) is 14.9. The SMILES string of the molecule is CCSC(C(=O)NCC1CCN(CCc2ccccc2)C1)C(C)C. The van der Waals surface area contributed by atoms with E-state index in [1.165, 1.54) is 12.0 Å². The van der Waals surface area contributed by atoms with Crippen molar-refractivity contribution in [3.05, 3.63) is 35.9 Å². The van der Waals surface area contributed by atoms with Gasteiger partial charge in [-0.05, 0) is 42.5 Å². The van der Waals surface area contributed by atoms with Crippen LogP contribution in [0.5, 0.6) is 0 Å². The quantitative estimate of drug-likeness (QED) is 0.742. The molecule has 0 aromatic heterocycles. The summed E-state index contributed by atoms with van der Waals surface area (Å²) in [6.07, 6.45) is 2.31. The first-order valence-electron chi connectivity index (χ1n) is 9.25. The van der Waals surface area contributed by atoms with Gasteiger partial charge in [0.05, 0.1) is 5.25 Å². The van der Waals surface area contributed by atoms with E-state index in [-0.39, 0.29) is 11.2 Å². The van der Waals surface area contributed by atoms with E-state index in [0.29, 0.717) is 11.8 Å². The van der Waals surface area contributed by atoms with E-state index < -0.39 is 0 Å². The maximum Gasteiger partial charge on any atom is 0.233 e. The molecule has 2 unspecified atom stereocenters. The minimum Gasteiger partial charge on any atom is -0.355 e. The van der Waals surface area contributed by atoms with Crippen LogP contribution in [0.15, 0.2) is 30.3 Å². The molecule has 1 saturated heterocycles. The van der Waals surface area contributed by atoms with E-state index in [0.717, 1.165) is 38.4 Å². The molecule has 0 saturated carbocycles. The lowest BCUT2D eigenvalue weighted by Gasteiger charge is -2.21. The number of likely N-dealkylation sites (tertiary alicyclic amines) is 1. The average molecular weight is 349 g/mol. The van der Waals surface area contributed by atoms with Gasteiger partial charge in [0.1, 0.15) is 0 Å². The van der Waals surface area contributed by atoms with Gasteiger partial charge < -0.3 is 10.2 Å². The van der Waals surface area contributed by atoms with Crippen molar-refractivity contribution in [3.63, 3.8) is 0 Å². The van der Waals surface area contributed by atoms with E-state index in [1.807, 2.05) is 0 Å². The van der Waals surface area contributed by atoms with Crippen LogP contribution in [0.3, 0.4) is 0 Å². The molecule has 1 aromatic rings. The molecule has 2 rings (SSSR count). The van der Waals surface area contributed by atoms with Crippen LogP contribution in [0.1, 0.15) is 32.8 Å². The molecular formula is C20H32N2OS. The first-order chi connectivity index (χ1) is 11.6. The summed E-state index contributed by atoms with van der Waals surface area (Å²) in [5.74, 6) is 2.21. The first kappa shape index (κ1) is 19.3. The lowest BCUT2D eigenvalue weighted by molar-refractivity contribution is -0.121. The van der Waals surface area contributed by atoms with Crippen molar-refractivity contribution >= 4 is 17.7 Å². The third-order valence-electron chi connectivity index (χ3n) is 4.70. The number of benzene rings is 1. The number of thioether (sulfide) groups is 1. The van der Waals surface area contributed by atoms with E-state index in [1.54, 1.807) is 11.8 Å². The van der Waals surface area contributed by atoms with Crippen LogP contribution in [0, 0.1) is 11.8 Å². The molecule has 4 heteroatoms. The Morgan fingerprint density at radius 2 is 2.08 bits per heavy atom. The Balaban J connectivity index is 1.69. The number of amides is 1. The molecule has 3 nitrogen and oxygen atoms in total. The highest BCUT2D eigenvalue weighted by molar-refractivity contribution is 8.00. The number of carbonyl (C=O) groups is 1. The topological polar surface area (TPSA) is 32.3 Å². The van der Waals surface area contributed by atoms with Gasteiger partial charge >= 0.3 is 0 Å². The predicted molar refractivity (Wildman–Crippen MR) is 104 cm³/mol. The molecule has 1 N–H and O–H groups in total. The molecule has 0 spiro atoms. The fourth-order valence-electron chi connectivity index (χ4n) is 3.31. The van der Waals surface area contributed by atoms with Crippen molar-refractivity contribution in [3.8, 4) is 0 Å². The lowest BCUT2D eigenvalue weighted by atomic mass is 10.1. The van der Waals surface area contributed by atoms with Crippen molar-refractivity contribution in [2.75, 3.05) is 31.9 Å². The van der Waals surface area contributed by atoms with Crippen LogP contribution in [0.25, 0.3) is 0 Å². The van der Waals surface area contributed by atoms with Gasteiger partial charge in [0.15, 0.2) is 0 Å². The number of hydrogen-bond donors (Lipinski definition) is 1. The zero-order valence-electron chi connectivity index (χ0n) is 15.3. The molecule has 1 aromatic carbocycles. The van der Waals surface area contributed by atoms with Gasteiger partial charge in [-0.2, -0.15) is 0 Å². The van der Waals surface area contributed by atoms with Crippen molar-refractivity contribution < 1.29 is 4.79 Å². The molecule has 0 aliphatic carbocycles. The Morgan fingerprint density at radius 3 is 2.75 bits per heavy atom. The highest BCUT2D eigenvalue weighted by atomic mass is 32.2. The third-order valence-corrected chi connectivity index (χ3v) is 6.16. The standard InChI is InChI=1S/C20H32N2OS/c1-4-24-19(16(2)3)20(23)21-14-18-11-13-22(15-18)12-10-17-8-6-5-7-9-17/h5-9,16,18-19H,4,10-15H2,1-3H3,(H,21,23). The maximum atomic E-state index is 12.4. The Hall–Kier alpha value is -1.00. The number of rotatable bonds is 9. The van der Waals surface area contributed by atoms with Gasteiger partial charge in [-0.3, -0.25) is 4.79 Å². The number of hydrogen-bond acceptors (Lipinski definition) is 3. The third kappa shape index (κ3) is 6.14. The summed E-state index contributed by atoms with van der Waals surface area (Å²) in [6, 6.07) is 10.7. The molecule has 1 fully saturated rings. The summed E-state index contributed by atoms with van der Waals surface area (Å²) < 4.78 is 0. The van der Waals surface area contributed by atoms with Gasteiger partial charge in [-0.25, -0.2) is 0 Å². The molecule has 24 heavy (non-hydrogen) atoms. The van der Waals surface area contributed by atoms with Crippen LogP contribution in [-0.4, -0.2) is 48.0 Å². The minimum atomic E-state index is 0.0885. The monoisotopic (exact) mass is 348 g/mol. The number of carbonyl (C=O) groups excluding carboxylic acids is 1. The lowest BCUT2D eigenvalue weighted by Crippen LogP contribution is -2.39. The van der Waals surface area contributed by atoms with Crippen molar-refractivity contribution in [2.24, 2.45) is 11.8 Å². The number of nitrogens with one attached hydrogen (secondary N) is 1. The van der Waals surface area contributed by atoms with Crippen LogP contribution in [0.2, 0.25) is 0 Å². The van der Waals surface area contributed by atoms with Crippen LogP contribution in [0.4, 0.5) is 0 Å². The first-order valence-corrected chi connectivity index (χ1v) is 10.3. The summed E-state index contributed by atoms with van der Waals surface area (Å²) in [5, 5.41) is 3.29. The molecule has 134 valence electrons. The Bertz CT molecular complexity index is 492. The fraction of sp³-hybridized carbons (Fsp3) is 0.650. The van der Waals surface area contributed by atoms with Crippen molar-refractivity contribution in [1.82, 2.24) is 10.2 Å². The van der Waals surface area contributed by atoms with E-state index in [4.69, 9.17) is 0 Å². The normalized spacial score (nSPS) is 19.6. The van der Waals surface area contributed by atoms with E-state index in [2.05, 4.69) is 61.3 Å². The van der Waals surface area contributed by atoms with Gasteiger partial charge in [-0.15, -0.1) is 11.8 Å². The summed E-state index contributed by atoms with van der Waals surface area (Å²) in [6.45, 7) is 10.6. The minimum absolute atomic E-state index is 0.0885. The molecular weight excluding hydrogens is 316 g/mol. The summed E-state index contributed by atoms with van der Waals surface area (Å²) in [7, 11) is 0. The highest BCUT2D eigenvalue weighted by Gasteiger charge is 2.25. The Kier molecular flexibility index (Phi) is 8.13. The Labute approximate surface area is 151 Å². The molecule has 1 amide bonds. The van der Waals surface area contributed by atoms with Gasteiger partial charge in [0.2, 0.25) is 5.91 Å². The van der Waals surface area contributed by atoms with Gasteiger partial charge in [-0.1, -0.05) is 51.1 Å². The fourth-order valence-corrected chi connectivity index (χ4v) is 4.29. The second kappa shape index (κ2) is 10.1. The Morgan fingerprint density at radius 1 is 1.33 bits per heavy atom. The summed E-state index contributed by atoms with van der Waals surface area (Å²) in [5.41, 5.74) is 1.41. The molecule has 2 atom stereocenters. The van der Waals surface area contributed by atoms with Gasteiger partial charge in [0, 0.05) is 19.6 Å². The molecule has 1 heterocycles. The number of nitrogens with zero attached hydrogens (tertiary/aromatic N) is 1. The zero-order chi connectivity index (χ0) is 17.4. The average Bonchev–Trinajstić information content (AvgIpc) is 3.04. The van der Waals surface area contributed by atoms with Crippen molar-refractivity contribution in [1.29, 1.82) is 0 Å². The maximum absolute atomic E-state index is 12.4. The van der Waals surface area contributed by atoms with Crippen LogP contribution in [-0.2, 0) is 11.2 Å². The second-order valence-corrected chi connectivity index (χ2v) is 8.47. The van der Waals surface area contributed by atoms with E-state index >= 15 is 0 Å². The molecule has 0 radical (unpaired) electrons. The molecule has 1 aliphatic rings. The molecule has 0 bridgehead atoms. The predicted octanol–water partition coefficient (Wildman–Crippen LogP) is 3.44. The smallest absolute Gasteiger partial charge is 0.233 e. The second-order valence-electron chi connectivity index (χ2n) is 7.06. The van der Waals surface area contributed by atoms with Crippen LogP contribution < -0.4 is 5.32 Å². The highest BCUT2D eigenvalue weighted by Crippen LogP contribution is 2.20. The molecule has 1 aliphatic heterocycles. The van der Waals surface area contributed by atoms with Gasteiger partial charge in [0.25, 0.3) is 0 Å².